The molecule has 98 valence electrons. The summed E-state index contributed by atoms with van der Waals surface area (Å²) in [5.74, 6) is 0.106. The van der Waals surface area contributed by atoms with Crippen LogP contribution in [0.5, 0.6) is 5.75 Å². The van der Waals surface area contributed by atoms with E-state index in [2.05, 4.69) is 5.32 Å². The lowest BCUT2D eigenvalue weighted by Gasteiger charge is -2.08. The number of nitro groups is 1. The van der Waals surface area contributed by atoms with Crippen LogP contribution in [0.1, 0.15) is 0 Å². The third-order valence-electron chi connectivity index (χ3n) is 2.38. The van der Waals surface area contributed by atoms with E-state index in [4.69, 9.17) is 23.2 Å². The fourth-order valence-electron chi connectivity index (χ4n) is 1.49. The monoisotopic (exact) mass is 298 g/mol. The van der Waals surface area contributed by atoms with Crippen molar-refractivity contribution < 1.29 is 10.0 Å². The minimum absolute atomic E-state index is 0.106. The summed E-state index contributed by atoms with van der Waals surface area (Å²) in [4.78, 5) is 10.4. The molecule has 19 heavy (non-hydrogen) atoms. The van der Waals surface area contributed by atoms with Crippen molar-refractivity contribution in [2.45, 2.75) is 0 Å². The molecule has 5 nitrogen and oxygen atoms in total. The number of hydrogen-bond donors (Lipinski definition) is 2. The van der Waals surface area contributed by atoms with Gasteiger partial charge in [0.15, 0.2) is 0 Å². The van der Waals surface area contributed by atoms with Gasteiger partial charge in [0.2, 0.25) is 0 Å². The highest BCUT2D eigenvalue weighted by Gasteiger charge is 2.17. The SMILES string of the molecule is O=[N+]([O-])c1cc(Cl)c(Cl)cc1Nc1ccc(O)cc1. The van der Waals surface area contributed by atoms with Gasteiger partial charge in [-0.3, -0.25) is 10.1 Å². The molecule has 2 N–H and O–H groups in total. The van der Waals surface area contributed by atoms with E-state index in [1.807, 2.05) is 0 Å². The summed E-state index contributed by atoms with van der Waals surface area (Å²) in [6.07, 6.45) is 0. The number of nitro benzene ring substituents is 1. The smallest absolute Gasteiger partial charge is 0.294 e. The maximum atomic E-state index is 11.0. The number of hydrogen-bond acceptors (Lipinski definition) is 4. The van der Waals surface area contributed by atoms with Crippen LogP contribution in [0.4, 0.5) is 17.1 Å². The highest BCUT2D eigenvalue weighted by atomic mass is 35.5. The molecular formula is C12H8Cl2N2O3. The molecule has 0 aliphatic carbocycles. The van der Waals surface area contributed by atoms with Crippen LogP contribution in [0, 0.1) is 10.1 Å². The molecule has 0 fully saturated rings. The first-order valence-electron chi connectivity index (χ1n) is 5.17. The lowest BCUT2D eigenvalue weighted by Crippen LogP contribution is -1.97. The van der Waals surface area contributed by atoms with Gasteiger partial charge in [-0.1, -0.05) is 23.2 Å². The van der Waals surface area contributed by atoms with Gasteiger partial charge in [-0.15, -0.1) is 0 Å². The highest BCUT2D eigenvalue weighted by molar-refractivity contribution is 6.42. The zero-order valence-electron chi connectivity index (χ0n) is 9.43. The first-order valence-corrected chi connectivity index (χ1v) is 5.92. The zero-order chi connectivity index (χ0) is 14.0. The van der Waals surface area contributed by atoms with Crippen LogP contribution in [-0.2, 0) is 0 Å². The van der Waals surface area contributed by atoms with E-state index in [0.29, 0.717) is 5.69 Å². The molecule has 2 rings (SSSR count). The van der Waals surface area contributed by atoms with E-state index in [9.17, 15) is 15.2 Å². The van der Waals surface area contributed by atoms with Crippen molar-refractivity contribution >= 4 is 40.3 Å². The Balaban J connectivity index is 2.41. The Kier molecular flexibility index (Phi) is 3.78. The van der Waals surface area contributed by atoms with Gasteiger partial charge < -0.3 is 10.4 Å². The van der Waals surface area contributed by atoms with Crippen molar-refractivity contribution in [1.82, 2.24) is 0 Å². The van der Waals surface area contributed by atoms with Gasteiger partial charge in [0.05, 0.1) is 15.0 Å². The molecule has 0 aromatic heterocycles. The van der Waals surface area contributed by atoms with Crippen molar-refractivity contribution in [1.29, 1.82) is 0 Å². The van der Waals surface area contributed by atoms with Gasteiger partial charge in [0, 0.05) is 11.8 Å². The molecule has 0 aliphatic heterocycles. The second-order valence-corrected chi connectivity index (χ2v) is 4.53. The molecule has 0 saturated heterocycles. The Morgan fingerprint density at radius 3 is 2.26 bits per heavy atom. The second kappa shape index (κ2) is 5.34. The average Bonchev–Trinajstić information content (AvgIpc) is 2.36. The van der Waals surface area contributed by atoms with Gasteiger partial charge in [-0.25, -0.2) is 0 Å². The molecule has 0 saturated carbocycles. The molecule has 0 atom stereocenters. The average molecular weight is 299 g/mol. The van der Waals surface area contributed by atoms with Crippen LogP contribution >= 0.6 is 23.2 Å². The largest absolute Gasteiger partial charge is 0.508 e. The van der Waals surface area contributed by atoms with Crippen molar-refractivity contribution in [3.63, 3.8) is 0 Å². The maximum Gasteiger partial charge on any atom is 0.294 e. The molecule has 0 bridgehead atoms. The number of benzene rings is 2. The number of nitrogens with zero attached hydrogens (tertiary/aromatic N) is 1. The fourth-order valence-corrected chi connectivity index (χ4v) is 1.81. The van der Waals surface area contributed by atoms with E-state index in [1.54, 1.807) is 12.1 Å². The third kappa shape index (κ3) is 3.07. The molecule has 0 radical (unpaired) electrons. The fraction of sp³-hybridized carbons (Fsp3) is 0. The van der Waals surface area contributed by atoms with Crippen LogP contribution in [0.3, 0.4) is 0 Å². The van der Waals surface area contributed by atoms with Gasteiger partial charge in [-0.2, -0.15) is 0 Å². The number of phenols is 1. The first-order chi connectivity index (χ1) is 8.97. The summed E-state index contributed by atoms with van der Waals surface area (Å²) in [7, 11) is 0. The molecule has 0 aliphatic rings. The Hall–Kier alpha value is -1.98. The second-order valence-electron chi connectivity index (χ2n) is 3.71. The number of aromatic hydroxyl groups is 1. The number of rotatable bonds is 3. The minimum atomic E-state index is -0.551. The standard InChI is InChI=1S/C12H8Cl2N2O3/c13-9-5-11(12(16(18)19)6-10(9)14)15-7-1-3-8(17)4-2-7/h1-6,15,17H. The van der Waals surface area contributed by atoms with Gasteiger partial charge >= 0.3 is 0 Å². The molecule has 7 heteroatoms. The highest BCUT2D eigenvalue weighted by Crippen LogP contribution is 2.35. The van der Waals surface area contributed by atoms with Gasteiger partial charge in [0.25, 0.3) is 5.69 Å². The zero-order valence-corrected chi connectivity index (χ0v) is 10.9. The van der Waals surface area contributed by atoms with Crippen molar-refractivity contribution in [3.05, 3.63) is 56.6 Å². The van der Waals surface area contributed by atoms with Crippen molar-refractivity contribution in [3.8, 4) is 5.75 Å². The normalized spacial score (nSPS) is 10.2. The summed E-state index contributed by atoms with van der Waals surface area (Å²) in [5.41, 5.74) is 0.631. The van der Waals surface area contributed by atoms with Crippen LogP contribution in [0.15, 0.2) is 36.4 Å². The number of anilines is 2. The van der Waals surface area contributed by atoms with E-state index < -0.39 is 4.92 Å². The molecule has 0 heterocycles. The quantitative estimate of drug-likeness (QED) is 0.502. The van der Waals surface area contributed by atoms with Crippen molar-refractivity contribution in [2.24, 2.45) is 0 Å². The molecule has 0 amide bonds. The van der Waals surface area contributed by atoms with E-state index >= 15 is 0 Å². The van der Waals surface area contributed by atoms with E-state index in [1.165, 1.54) is 24.3 Å². The maximum absolute atomic E-state index is 11.0. The Labute approximate surface area is 118 Å². The Bertz CT molecular complexity index is 630. The van der Waals surface area contributed by atoms with Crippen LogP contribution < -0.4 is 5.32 Å². The number of halogens is 2. The predicted octanol–water partition coefficient (Wildman–Crippen LogP) is 4.35. The van der Waals surface area contributed by atoms with Crippen LogP contribution in [-0.4, -0.2) is 10.0 Å². The predicted molar refractivity (Wildman–Crippen MR) is 74.5 cm³/mol. The number of phenolic OH excluding ortho intramolecular Hbond substituents is 1. The molecule has 2 aromatic carbocycles. The summed E-state index contributed by atoms with van der Waals surface area (Å²) < 4.78 is 0. The van der Waals surface area contributed by atoms with E-state index in [-0.39, 0.29) is 27.2 Å². The van der Waals surface area contributed by atoms with Crippen molar-refractivity contribution in [2.75, 3.05) is 5.32 Å². The summed E-state index contributed by atoms with van der Waals surface area (Å²) >= 11 is 11.6. The van der Waals surface area contributed by atoms with Gasteiger partial charge in [-0.05, 0) is 30.3 Å². The first kappa shape index (κ1) is 13.5. The Morgan fingerprint density at radius 1 is 1.11 bits per heavy atom. The summed E-state index contributed by atoms with van der Waals surface area (Å²) in [6, 6.07) is 8.67. The van der Waals surface area contributed by atoms with Crippen LogP contribution in [0.25, 0.3) is 0 Å². The Morgan fingerprint density at radius 2 is 1.68 bits per heavy atom. The minimum Gasteiger partial charge on any atom is -0.508 e. The number of nitrogens with one attached hydrogen (secondary N) is 1. The molecule has 0 spiro atoms. The molecular weight excluding hydrogens is 291 g/mol. The summed E-state index contributed by atoms with van der Waals surface area (Å²) in [5, 5.41) is 23.3. The van der Waals surface area contributed by atoms with Crippen LogP contribution in [0.2, 0.25) is 10.0 Å². The van der Waals surface area contributed by atoms with Gasteiger partial charge in [0.1, 0.15) is 11.4 Å². The van der Waals surface area contributed by atoms with E-state index in [0.717, 1.165) is 0 Å². The molecule has 0 unspecified atom stereocenters. The lowest BCUT2D eigenvalue weighted by atomic mass is 10.2. The summed E-state index contributed by atoms with van der Waals surface area (Å²) in [6.45, 7) is 0. The third-order valence-corrected chi connectivity index (χ3v) is 3.10. The molecule has 2 aromatic rings. The lowest BCUT2D eigenvalue weighted by molar-refractivity contribution is -0.383. The topological polar surface area (TPSA) is 75.4 Å².